The van der Waals surface area contributed by atoms with Crippen molar-refractivity contribution in [3.05, 3.63) is 58.6 Å². The van der Waals surface area contributed by atoms with Crippen molar-refractivity contribution in [2.75, 3.05) is 13.2 Å². The van der Waals surface area contributed by atoms with Crippen LogP contribution in [-0.2, 0) is 0 Å². The van der Waals surface area contributed by atoms with Gasteiger partial charge in [-0.1, -0.05) is 11.6 Å². The molecule has 0 saturated carbocycles. The van der Waals surface area contributed by atoms with Crippen LogP contribution >= 0.6 is 11.6 Å². The lowest BCUT2D eigenvalue weighted by molar-refractivity contribution is 0.266. The molecular weight excluding hydrogens is 340 g/mol. The topological polar surface area (TPSA) is 118 Å². The molecule has 0 atom stereocenters. The highest BCUT2D eigenvalue weighted by Crippen LogP contribution is 2.25. The lowest BCUT2D eigenvalue weighted by atomic mass is 10.2. The monoisotopic (exact) mass is 360 g/mol. The SMILES string of the molecule is N=C(N)c1ccc(OCCCCOc2ccc(C(=N)N)cc2Cl)cc1. The summed E-state index contributed by atoms with van der Waals surface area (Å²) in [6.45, 7) is 1.09. The lowest BCUT2D eigenvalue weighted by Gasteiger charge is -2.10. The predicted molar refractivity (Wildman–Crippen MR) is 100 cm³/mol. The molecule has 2 aromatic rings. The summed E-state index contributed by atoms with van der Waals surface area (Å²) in [4.78, 5) is 0. The molecule has 132 valence electrons. The molecule has 0 saturated heterocycles. The van der Waals surface area contributed by atoms with Gasteiger partial charge in [0.1, 0.15) is 23.2 Å². The Bertz CT molecular complexity index is 747. The first-order valence-corrected chi connectivity index (χ1v) is 8.19. The highest BCUT2D eigenvalue weighted by atomic mass is 35.5. The van der Waals surface area contributed by atoms with Gasteiger partial charge >= 0.3 is 0 Å². The van der Waals surface area contributed by atoms with Crippen LogP contribution in [0.2, 0.25) is 5.02 Å². The first-order valence-electron chi connectivity index (χ1n) is 7.81. The fourth-order valence-electron chi connectivity index (χ4n) is 2.09. The van der Waals surface area contributed by atoms with E-state index in [1.54, 1.807) is 42.5 Å². The van der Waals surface area contributed by atoms with Crippen molar-refractivity contribution in [3.8, 4) is 11.5 Å². The minimum absolute atomic E-state index is 0.0260. The lowest BCUT2D eigenvalue weighted by Crippen LogP contribution is -2.11. The second kappa shape index (κ2) is 8.94. The first-order chi connectivity index (χ1) is 12.0. The van der Waals surface area contributed by atoms with E-state index in [-0.39, 0.29) is 11.7 Å². The summed E-state index contributed by atoms with van der Waals surface area (Å²) >= 11 is 6.10. The quantitative estimate of drug-likeness (QED) is 0.312. The number of hydrogen-bond acceptors (Lipinski definition) is 4. The average Bonchev–Trinajstić information content (AvgIpc) is 2.59. The third kappa shape index (κ3) is 5.69. The van der Waals surface area contributed by atoms with Gasteiger partial charge < -0.3 is 20.9 Å². The largest absolute Gasteiger partial charge is 0.494 e. The molecule has 2 aromatic carbocycles. The molecule has 0 amide bonds. The molecule has 0 unspecified atom stereocenters. The molecule has 0 aliphatic carbocycles. The van der Waals surface area contributed by atoms with Gasteiger partial charge in [-0.2, -0.15) is 0 Å². The Hall–Kier alpha value is -2.73. The van der Waals surface area contributed by atoms with Crippen molar-refractivity contribution in [3.63, 3.8) is 0 Å². The number of halogens is 1. The number of hydrogen-bond donors (Lipinski definition) is 4. The average molecular weight is 361 g/mol. The highest BCUT2D eigenvalue weighted by molar-refractivity contribution is 6.32. The molecule has 0 aliphatic rings. The zero-order valence-electron chi connectivity index (χ0n) is 13.7. The number of unbranched alkanes of at least 4 members (excludes halogenated alkanes) is 1. The molecule has 0 heterocycles. The third-order valence-corrected chi connectivity index (χ3v) is 3.77. The molecule has 0 aromatic heterocycles. The number of amidine groups is 2. The van der Waals surface area contributed by atoms with Gasteiger partial charge in [0.15, 0.2) is 0 Å². The molecular formula is C18H21ClN4O2. The zero-order chi connectivity index (χ0) is 18.2. The summed E-state index contributed by atoms with van der Waals surface area (Å²) < 4.78 is 11.3. The van der Waals surface area contributed by atoms with Crippen LogP contribution in [0.3, 0.4) is 0 Å². The minimum atomic E-state index is -0.0260. The molecule has 7 heteroatoms. The highest BCUT2D eigenvalue weighted by Gasteiger charge is 2.05. The molecule has 0 aliphatic heterocycles. The number of nitrogen functional groups attached to an aromatic ring is 2. The van der Waals surface area contributed by atoms with Crippen LogP contribution in [0.1, 0.15) is 24.0 Å². The van der Waals surface area contributed by atoms with Crippen molar-refractivity contribution in [1.29, 1.82) is 10.8 Å². The maximum absolute atomic E-state index is 7.37. The van der Waals surface area contributed by atoms with E-state index in [2.05, 4.69) is 0 Å². The smallest absolute Gasteiger partial charge is 0.137 e. The van der Waals surface area contributed by atoms with E-state index in [1.165, 1.54) is 0 Å². The van der Waals surface area contributed by atoms with Crippen LogP contribution in [0.15, 0.2) is 42.5 Å². The summed E-state index contributed by atoms with van der Waals surface area (Å²) in [6, 6.07) is 12.1. The molecule has 6 nitrogen and oxygen atoms in total. The second-order valence-corrected chi connectivity index (χ2v) is 5.81. The van der Waals surface area contributed by atoms with E-state index in [4.69, 9.17) is 43.4 Å². The summed E-state index contributed by atoms with van der Waals surface area (Å²) in [5, 5.41) is 15.1. The Balaban J connectivity index is 1.68. The Labute approximate surface area is 151 Å². The van der Waals surface area contributed by atoms with Crippen molar-refractivity contribution < 1.29 is 9.47 Å². The molecule has 2 rings (SSSR count). The van der Waals surface area contributed by atoms with Crippen LogP contribution in [0.5, 0.6) is 11.5 Å². The van der Waals surface area contributed by atoms with Crippen molar-refractivity contribution in [2.45, 2.75) is 12.8 Å². The summed E-state index contributed by atoms with van der Waals surface area (Å²) in [7, 11) is 0. The Morgan fingerprint density at radius 1 is 0.840 bits per heavy atom. The van der Waals surface area contributed by atoms with E-state index in [0.29, 0.717) is 35.1 Å². The number of rotatable bonds is 9. The third-order valence-electron chi connectivity index (χ3n) is 3.47. The second-order valence-electron chi connectivity index (χ2n) is 5.40. The van der Waals surface area contributed by atoms with E-state index in [9.17, 15) is 0 Å². The fourth-order valence-corrected chi connectivity index (χ4v) is 2.33. The van der Waals surface area contributed by atoms with E-state index < -0.39 is 0 Å². The Morgan fingerprint density at radius 3 is 1.96 bits per heavy atom. The normalized spacial score (nSPS) is 10.3. The van der Waals surface area contributed by atoms with E-state index >= 15 is 0 Å². The van der Waals surface area contributed by atoms with Crippen molar-refractivity contribution in [1.82, 2.24) is 0 Å². The number of nitrogens with two attached hydrogens (primary N) is 2. The minimum Gasteiger partial charge on any atom is -0.494 e. The maximum Gasteiger partial charge on any atom is 0.137 e. The molecule has 6 N–H and O–H groups in total. The van der Waals surface area contributed by atoms with Gasteiger partial charge in [0.05, 0.1) is 18.2 Å². The number of benzene rings is 2. The Morgan fingerprint density at radius 2 is 1.40 bits per heavy atom. The van der Waals surface area contributed by atoms with Gasteiger partial charge in [-0.3, -0.25) is 10.8 Å². The first kappa shape index (κ1) is 18.6. The van der Waals surface area contributed by atoms with Gasteiger partial charge in [0.25, 0.3) is 0 Å². The molecule has 0 bridgehead atoms. The Kier molecular flexibility index (Phi) is 6.65. The number of ether oxygens (including phenoxy) is 2. The van der Waals surface area contributed by atoms with Gasteiger partial charge in [0, 0.05) is 11.1 Å². The van der Waals surface area contributed by atoms with Crippen LogP contribution < -0.4 is 20.9 Å². The molecule has 0 radical (unpaired) electrons. The van der Waals surface area contributed by atoms with Crippen molar-refractivity contribution in [2.24, 2.45) is 11.5 Å². The van der Waals surface area contributed by atoms with Gasteiger partial charge in [-0.25, -0.2) is 0 Å². The summed E-state index contributed by atoms with van der Waals surface area (Å²) in [6.07, 6.45) is 1.65. The van der Waals surface area contributed by atoms with Gasteiger partial charge in [-0.15, -0.1) is 0 Å². The van der Waals surface area contributed by atoms with Gasteiger partial charge in [0.2, 0.25) is 0 Å². The van der Waals surface area contributed by atoms with E-state index in [0.717, 1.165) is 18.6 Å². The van der Waals surface area contributed by atoms with Gasteiger partial charge in [-0.05, 0) is 55.3 Å². The fraction of sp³-hybridized carbons (Fsp3) is 0.222. The van der Waals surface area contributed by atoms with Crippen LogP contribution in [0.25, 0.3) is 0 Å². The summed E-state index contributed by atoms with van der Waals surface area (Å²) in [5.74, 6) is 1.34. The zero-order valence-corrected chi connectivity index (χ0v) is 14.5. The number of nitrogens with one attached hydrogen (secondary N) is 2. The van der Waals surface area contributed by atoms with E-state index in [1.807, 2.05) is 0 Å². The summed E-state index contributed by atoms with van der Waals surface area (Å²) in [5.41, 5.74) is 12.1. The standard InChI is InChI=1S/C18H21ClN4O2/c19-15-11-13(18(22)23)5-8-16(15)25-10-2-1-9-24-14-6-3-12(4-7-14)17(20)21/h3-8,11H,1-2,9-10H2,(H3,20,21)(H3,22,23). The molecule has 0 spiro atoms. The molecule has 0 fully saturated rings. The van der Waals surface area contributed by atoms with Crippen LogP contribution in [0.4, 0.5) is 0 Å². The molecule has 25 heavy (non-hydrogen) atoms. The van der Waals surface area contributed by atoms with Crippen LogP contribution in [0, 0.1) is 10.8 Å². The van der Waals surface area contributed by atoms with Crippen LogP contribution in [-0.4, -0.2) is 24.9 Å². The predicted octanol–water partition coefficient (Wildman–Crippen LogP) is 3.15. The maximum atomic E-state index is 7.37. The van der Waals surface area contributed by atoms with Crippen molar-refractivity contribution >= 4 is 23.3 Å².